The molecule has 0 spiro atoms. The van der Waals surface area contributed by atoms with E-state index in [4.69, 9.17) is 4.74 Å². The van der Waals surface area contributed by atoms with Crippen molar-refractivity contribution < 1.29 is 9.53 Å². The van der Waals surface area contributed by atoms with Gasteiger partial charge in [-0.05, 0) is 31.2 Å². The Morgan fingerprint density at radius 2 is 2.00 bits per heavy atom. The zero-order valence-corrected chi connectivity index (χ0v) is 11.2. The quantitative estimate of drug-likeness (QED) is 0.895. The Morgan fingerprint density at radius 1 is 1.26 bits per heavy atom. The average Bonchev–Trinajstić information content (AvgIpc) is 2.94. The Balaban J connectivity index is 1.79. The summed E-state index contributed by atoms with van der Waals surface area (Å²) < 4.78 is 5.60. The van der Waals surface area contributed by atoms with Gasteiger partial charge in [-0.1, -0.05) is 17.7 Å². The van der Waals surface area contributed by atoms with Crippen molar-refractivity contribution in [1.29, 1.82) is 0 Å². The van der Waals surface area contributed by atoms with E-state index in [-0.39, 0.29) is 5.91 Å². The molecule has 0 aliphatic heterocycles. The smallest absolute Gasteiger partial charge is 0.270 e. The van der Waals surface area contributed by atoms with Crippen LogP contribution in [0.4, 0.5) is 0 Å². The van der Waals surface area contributed by atoms with Gasteiger partial charge in [0.2, 0.25) is 0 Å². The van der Waals surface area contributed by atoms with Gasteiger partial charge >= 0.3 is 0 Å². The second-order valence-corrected chi connectivity index (χ2v) is 4.47. The molecule has 4 nitrogen and oxygen atoms in total. The molecule has 2 aromatic rings. The molecule has 0 bridgehead atoms. The second kappa shape index (κ2) is 6.09. The minimum atomic E-state index is -0.0301. The van der Waals surface area contributed by atoms with Crippen LogP contribution in [0.15, 0.2) is 42.6 Å². The standard InChI is InChI=1S/C15H18N2O2/c1-12-5-7-13(8-6-12)19-11-10-17(2)15(18)14-4-3-9-16-14/h3-9,16H,10-11H2,1-2H3. The van der Waals surface area contributed by atoms with Gasteiger partial charge in [0.05, 0.1) is 6.54 Å². The number of aromatic nitrogens is 1. The van der Waals surface area contributed by atoms with Crippen LogP contribution in [0.25, 0.3) is 0 Å². The SMILES string of the molecule is Cc1ccc(OCCN(C)C(=O)c2ccc[nH]2)cc1. The molecule has 0 saturated heterocycles. The summed E-state index contributed by atoms with van der Waals surface area (Å²) in [7, 11) is 1.77. The molecule has 1 aromatic carbocycles. The Morgan fingerprint density at radius 3 is 2.63 bits per heavy atom. The Bertz CT molecular complexity index is 518. The third kappa shape index (κ3) is 3.61. The Hall–Kier alpha value is -2.23. The number of likely N-dealkylation sites (N-methyl/N-ethyl adjacent to an activating group) is 1. The summed E-state index contributed by atoms with van der Waals surface area (Å²) in [5.41, 5.74) is 1.80. The molecule has 1 heterocycles. The van der Waals surface area contributed by atoms with Crippen LogP contribution in [0.3, 0.4) is 0 Å². The normalized spacial score (nSPS) is 10.2. The largest absolute Gasteiger partial charge is 0.492 e. The second-order valence-electron chi connectivity index (χ2n) is 4.47. The van der Waals surface area contributed by atoms with E-state index in [0.29, 0.717) is 18.8 Å². The molecular weight excluding hydrogens is 240 g/mol. The predicted molar refractivity (Wildman–Crippen MR) is 74.4 cm³/mol. The van der Waals surface area contributed by atoms with Crippen LogP contribution in [0.2, 0.25) is 0 Å². The first kappa shape index (κ1) is 13.2. The van der Waals surface area contributed by atoms with Crippen LogP contribution in [-0.4, -0.2) is 36.0 Å². The fourth-order valence-corrected chi connectivity index (χ4v) is 1.71. The van der Waals surface area contributed by atoms with Gasteiger partial charge in [-0.2, -0.15) is 0 Å². The molecule has 19 heavy (non-hydrogen) atoms. The number of rotatable bonds is 5. The van der Waals surface area contributed by atoms with Crippen molar-refractivity contribution in [2.45, 2.75) is 6.92 Å². The molecule has 0 aliphatic carbocycles. The minimum absolute atomic E-state index is 0.0301. The maximum Gasteiger partial charge on any atom is 0.270 e. The van der Waals surface area contributed by atoms with Crippen molar-refractivity contribution in [3.63, 3.8) is 0 Å². The summed E-state index contributed by atoms with van der Waals surface area (Å²) in [5.74, 6) is 0.795. The van der Waals surface area contributed by atoms with Gasteiger partial charge in [-0.15, -0.1) is 0 Å². The summed E-state index contributed by atoms with van der Waals surface area (Å²) >= 11 is 0. The predicted octanol–water partition coefficient (Wildman–Crippen LogP) is 2.47. The van der Waals surface area contributed by atoms with Gasteiger partial charge in [0.25, 0.3) is 5.91 Å². The van der Waals surface area contributed by atoms with E-state index in [2.05, 4.69) is 4.98 Å². The van der Waals surface area contributed by atoms with Gasteiger partial charge in [-0.25, -0.2) is 0 Å². The van der Waals surface area contributed by atoms with Crippen molar-refractivity contribution in [2.24, 2.45) is 0 Å². The molecule has 0 atom stereocenters. The number of aromatic amines is 1. The first-order valence-corrected chi connectivity index (χ1v) is 6.25. The van der Waals surface area contributed by atoms with Gasteiger partial charge in [0.1, 0.15) is 18.1 Å². The van der Waals surface area contributed by atoms with Gasteiger partial charge in [0.15, 0.2) is 0 Å². The van der Waals surface area contributed by atoms with Crippen LogP contribution < -0.4 is 4.74 Å². The highest BCUT2D eigenvalue weighted by molar-refractivity contribution is 5.92. The highest BCUT2D eigenvalue weighted by atomic mass is 16.5. The van der Waals surface area contributed by atoms with Crippen molar-refractivity contribution in [3.8, 4) is 5.75 Å². The highest BCUT2D eigenvalue weighted by Gasteiger charge is 2.11. The van der Waals surface area contributed by atoms with Crippen LogP contribution in [-0.2, 0) is 0 Å². The molecule has 2 rings (SSSR count). The lowest BCUT2D eigenvalue weighted by Crippen LogP contribution is -2.31. The van der Waals surface area contributed by atoms with E-state index in [1.54, 1.807) is 24.2 Å². The molecule has 1 amide bonds. The summed E-state index contributed by atoms with van der Waals surface area (Å²) in [5, 5.41) is 0. The number of carbonyl (C=O) groups is 1. The molecule has 1 aromatic heterocycles. The van der Waals surface area contributed by atoms with Crippen molar-refractivity contribution in [1.82, 2.24) is 9.88 Å². The maximum atomic E-state index is 11.9. The number of amides is 1. The van der Waals surface area contributed by atoms with Gasteiger partial charge in [-0.3, -0.25) is 4.79 Å². The number of nitrogens with one attached hydrogen (secondary N) is 1. The molecule has 0 aliphatic rings. The van der Waals surface area contributed by atoms with Gasteiger partial charge < -0.3 is 14.6 Å². The Kier molecular flexibility index (Phi) is 4.23. The fourth-order valence-electron chi connectivity index (χ4n) is 1.71. The third-order valence-corrected chi connectivity index (χ3v) is 2.89. The zero-order valence-electron chi connectivity index (χ0n) is 11.2. The monoisotopic (exact) mass is 258 g/mol. The van der Waals surface area contributed by atoms with Crippen molar-refractivity contribution >= 4 is 5.91 Å². The number of hydrogen-bond donors (Lipinski definition) is 1. The van der Waals surface area contributed by atoms with Crippen molar-refractivity contribution in [3.05, 3.63) is 53.9 Å². The van der Waals surface area contributed by atoms with E-state index in [1.807, 2.05) is 37.3 Å². The van der Waals surface area contributed by atoms with E-state index in [1.165, 1.54) is 5.56 Å². The van der Waals surface area contributed by atoms with E-state index in [9.17, 15) is 4.79 Å². The number of hydrogen-bond acceptors (Lipinski definition) is 2. The van der Waals surface area contributed by atoms with Crippen LogP contribution in [0.1, 0.15) is 16.1 Å². The number of carbonyl (C=O) groups excluding carboxylic acids is 1. The number of benzene rings is 1. The third-order valence-electron chi connectivity index (χ3n) is 2.89. The number of nitrogens with zero attached hydrogens (tertiary/aromatic N) is 1. The molecule has 0 saturated carbocycles. The molecule has 1 N–H and O–H groups in total. The van der Waals surface area contributed by atoms with E-state index in [0.717, 1.165) is 5.75 Å². The molecule has 100 valence electrons. The maximum absolute atomic E-state index is 11.9. The zero-order chi connectivity index (χ0) is 13.7. The highest BCUT2D eigenvalue weighted by Crippen LogP contribution is 2.11. The molecular formula is C15H18N2O2. The van der Waals surface area contributed by atoms with E-state index < -0.39 is 0 Å². The topological polar surface area (TPSA) is 45.3 Å². The van der Waals surface area contributed by atoms with E-state index >= 15 is 0 Å². The minimum Gasteiger partial charge on any atom is -0.492 e. The van der Waals surface area contributed by atoms with Crippen LogP contribution in [0.5, 0.6) is 5.75 Å². The molecule has 0 fully saturated rings. The first-order valence-electron chi connectivity index (χ1n) is 6.25. The van der Waals surface area contributed by atoms with Crippen LogP contribution in [0, 0.1) is 6.92 Å². The summed E-state index contributed by atoms with van der Waals surface area (Å²) in [6.07, 6.45) is 1.74. The molecule has 0 unspecified atom stereocenters. The summed E-state index contributed by atoms with van der Waals surface area (Å²) in [6.45, 7) is 3.06. The summed E-state index contributed by atoms with van der Waals surface area (Å²) in [6, 6.07) is 11.4. The molecule has 0 radical (unpaired) electrons. The lowest BCUT2D eigenvalue weighted by molar-refractivity contribution is 0.0768. The fraction of sp³-hybridized carbons (Fsp3) is 0.267. The number of H-pyrrole nitrogens is 1. The lowest BCUT2D eigenvalue weighted by atomic mass is 10.2. The molecule has 4 heteroatoms. The lowest BCUT2D eigenvalue weighted by Gasteiger charge is -2.16. The Labute approximate surface area is 113 Å². The average molecular weight is 258 g/mol. The number of ether oxygens (including phenoxy) is 1. The van der Waals surface area contributed by atoms with Gasteiger partial charge in [0, 0.05) is 13.2 Å². The van der Waals surface area contributed by atoms with Crippen molar-refractivity contribution in [2.75, 3.05) is 20.2 Å². The number of aryl methyl sites for hydroxylation is 1. The van der Waals surface area contributed by atoms with Crippen LogP contribution >= 0.6 is 0 Å². The summed E-state index contributed by atoms with van der Waals surface area (Å²) in [4.78, 5) is 16.5. The first-order chi connectivity index (χ1) is 9.16.